The molecule has 0 spiro atoms. The molecule has 0 saturated carbocycles. The Kier molecular flexibility index (Phi) is 4.87. The van der Waals surface area contributed by atoms with Crippen molar-refractivity contribution >= 4 is 11.8 Å². The molecule has 6 heteroatoms. The van der Waals surface area contributed by atoms with Crippen molar-refractivity contribution in [1.29, 1.82) is 0 Å². The molecule has 0 radical (unpaired) electrons. The van der Waals surface area contributed by atoms with Crippen molar-refractivity contribution in [3.05, 3.63) is 35.4 Å². The topological polar surface area (TPSA) is 67.9 Å². The molecular weight excluding hydrogens is 308 g/mol. The number of nitrogens with zero attached hydrogens (tertiary/aromatic N) is 1. The van der Waals surface area contributed by atoms with Crippen LogP contribution >= 0.6 is 0 Å². The van der Waals surface area contributed by atoms with Crippen molar-refractivity contribution in [1.82, 2.24) is 10.2 Å². The van der Waals surface area contributed by atoms with Gasteiger partial charge in [0.15, 0.2) is 5.79 Å². The number of aryl methyl sites for hydroxylation is 1. The highest BCUT2D eigenvalue weighted by Gasteiger charge is 2.38. The number of benzene rings is 1. The Hall–Kier alpha value is -1.92. The number of hydrogen-bond donors (Lipinski definition) is 1. The van der Waals surface area contributed by atoms with Gasteiger partial charge >= 0.3 is 0 Å². The van der Waals surface area contributed by atoms with Crippen LogP contribution in [0.25, 0.3) is 0 Å². The summed E-state index contributed by atoms with van der Waals surface area (Å²) in [6.07, 6.45) is 0.961. The summed E-state index contributed by atoms with van der Waals surface area (Å²) in [6, 6.07) is 7.60. The number of hydrogen-bond acceptors (Lipinski definition) is 4. The number of carbonyl (C=O) groups is 2. The van der Waals surface area contributed by atoms with E-state index in [1.165, 1.54) is 5.56 Å². The Morgan fingerprint density at radius 2 is 1.96 bits per heavy atom. The minimum absolute atomic E-state index is 0.0234. The van der Waals surface area contributed by atoms with Crippen molar-refractivity contribution in [3.8, 4) is 0 Å². The molecular formula is C18H24N2O4. The average Bonchev–Trinajstić information content (AvgIpc) is 3.15. The Balaban J connectivity index is 1.61. The molecule has 0 bridgehead atoms. The van der Waals surface area contributed by atoms with Crippen molar-refractivity contribution < 1.29 is 19.1 Å². The van der Waals surface area contributed by atoms with Crippen LogP contribution < -0.4 is 5.32 Å². The van der Waals surface area contributed by atoms with Crippen LogP contribution in [0.2, 0.25) is 0 Å². The van der Waals surface area contributed by atoms with Gasteiger partial charge in [0.2, 0.25) is 11.8 Å². The second-order valence-electron chi connectivity index (χ2n) is 6.61. The minimum Gasteiger partial charge on any atom is -0.349 e. The predicted molar refractivity (Wildman–Crippen MR) is 88.1 cm³/mol. The molecule has 2 aliphatic rings. The van der Waals surface area contributed by atoms with Gasteiger partial charge in [-0.1, -0.05) is 29.8 Å². The van der Waals surface area contributed by atoms with Gasteiger partial charge in [-0.2, -0.15) is 0 Å². The van der Waals surface area contributed by atoms with E-state index in [0.29, 0.717) is 32.6 Å². The normalized spacial score (nSPS) is 22.8. The summed E-state index contributed by atoms with van der Waals surface area (Å²) < 4.78 is 11.0. The van der Waals surface area contributed by atoms with Gasteiger partial charge < -0.3 is 19.7 Å². The first-order valence-electron chi connectivity index (χ1n) is 8.37. The fourth-order valence-corrected chi connectivity index (χ4v) is 3.12. The SMILES string of the molecule is Cc1ccc(CN2C(=O)CC[C@@H]2C(=O)NCC2(C)OCCO2)cc1. The first-order valence-corrected chi connectivity index (χ1v) is 8.37. The van der Waals surface area contributed by atoms with Crippen LogP contribution in [0.5, 0.6) is 0 Å². The van der Waals surface area contributed by atoms with E-state index in [4.69, 9.17) is 9.47 Å². The van der Waals surface area contributed by atoms with Crippen molar-refractivity contribution in [2.75, 3.05) is 19.8 Å². The highest BCUT2D eigenvalue weighted by molar-refractivity contribution is 5.90. The molecule has 1 N–H and O–H groups in total. The zero-order chi connectivity index (χ0) is 17.2. The Bertz CT molecular complexity index is 608. The molecule has 0 unspecified atom stereocenters. The lowest BCUT2D eigenvalue weighted by Gasteiger charge is -2.27. The predicted octanol–water partition coefficient (Wildman–Crippen LogP) is 1.37. The van der Waals surface area contributed by atoms with E-state index < -0.39 is 11.8 Å². The highest BCUT2D eigenvalue weighted by atomic mass is 16.7. The van der Waals surface area contributed by atoms with Crippen LogP contribution in [0.3, 0.4) is 0 Å². The highest BCUT2D eigenvalue weighted by Crippen LogP contribution is 2.23. The minimum atomic E-state index is -0.764. The lowest BCUT2D eigenvalue weighted by atomic mass is 10.1. The zero-order valence-corrected chi connectivity index (χ0v) is 14.2. The summed E-state index contributed by atoms with van der Waals surface area (Å²) in [5, 5.41) is 2.87. The number of ether oxygens (including phenoxy) is 2. The van der Waals surface area contributed by atoms with Gasteiger partial charge in [0.1, 0.15) is 6.04 Å². The summed E-state index contributed by atoms with van der Waals surface area (Å²) >= 11 is 0. The lowest BCUT2D eigenvalue weighted by molar-refractivity contribution is -0.148. The van der Waals surface area contributed by atoms with Gasteiger partial charge in [0.05, 0.1) is 19.8 Å². The summed E-state index contributed by atoms with van der Waals surface area (Å²) in [5.41, 5.74) is 2.20. The molecule has 1 aromatic carbocycles. The van der Waals surface area contributed by atoms with Gasteiger partial charge in [-0.05, 0) is 25.8 Å². The molecule has 2 heterocycles. The summed E-state index contributed by atoms with van der Waals surface area (Å²) in [6.45, 7) is 5.65. The van der Waals surface area contributed by atoms with Crippen LogP contribution in [0.15, 0.2) is 24.3 Å². The zero-order valence-electron chi connectivity index (χ0n) is 14.2. The van der Waals surface area contributed by atoms with Gasteiger partial charge in [0, 0.05) is 13.0 Å². The van der Waals surface area contributed by atoms with E-state index in [0.717, 1.165) is 5.56 Å². The van der Waals surface area contributed by atoms with Gasteiger partial charge in [-0.3, -0.25) is 9.59 Å². The van der Waals surface area contributed by atoms with E-state index in [1.54, 1.807) is 4.90 Å². The Morgan fingerprint density at radius 3 is 2.62 bits per heavy atom. The molecule has 2 saturated heterocycles. The number of rotatable bonds is 5. The number of amides is 2. The van der Waals surface area contributed by atoms with Gasteiger partial charge in [-0.15, -0.1) is 0 Å². The van der Waals surface area contributed by atoms with Crippen LogP contribution in [0.4, 0.5) is 0 Å². The largest absolute Gasteiger partial charge is 0.349 e. The third-order valence-corrected chi connectivity index (χ3v) is 4.59. The quantitative estimate of drug-likeness (QED) is 0.884. The lowest BCUT2D eigenvalue weighted by Crippen LogP contribution is -2.49. The third kappa shape index (κ3) is 3.76. The molecule has 6 nitrogen and oxygen atoms in total. The van der Waals surface area contributed by atoms with E-state index >= 15 is 0 Å². The van der Waals surface area contributed by atoms with Gasteiger partial charge in [0.25, 0.3) is 0 Å². The number of likely N-dealkylation sites (tertiary alicyclic amines) is 1. The molecule has 2 aliphatic heterocycles. The molecule has 2 amide bonds. The second kappa shape index (κ2) is 6.91. The van der Waals surface area contributed by atoms with Crippen LogP contribution in [0.1, 0.15) is 30.9 Å². The molecule has 130 valence electrons. The molecule has 24 heavy (non-hydrogen) atoms. The first-order chi connectivity index (χ1) is 11.5. The first kappa shape index (κ1) is 16.9. The van der Waals surface area contributed by atoms with E-state index in [-0.39, 0.29) is 18.4 Å². The van der Waals surface area contributed by atoms with Crippen LogP contribution in [-0.2, 0) is 25.6 Å². The van der Waals surface area contributed by atoms with Crippen LogP contribution in [-0.4, -0.2) is 48.3 Å². The maximum Gasteiger partial charge on any atom is 0.243 e. The van der Waals surface area contributed by atoms with Crippen molar-refractivity contribution in [2.24, 2.45) is 0 Å². The Morgan fingerprint density at radius 1 is 1.29 bits per heavy atom. The molecule has 0 aliphatic carbocycles. The molecule has 3 rings (SSSR count). The summed E-state index contributed by atoms with van der Waals surface area (Å²) in [7, 11) is 0. The van der Waals surface area contributed by atoms with Crippen molar-refractivity contribution in [2.45, 2.75) is 45.1 Å². The van der Waals surface area contributed by atoms with E-state index in [9.17, 15) is 9.59 Å². The standard InChI is InChI=1S/C18H24N2O4/c1-13-3-5-14(6-4-13)11-20-15(7-8-16(20)21)17(22)19-12-18(2)23-9-10-24-18/h3-6,15H,7-12H2,1-2H3,(H,19,22)/t15-/m1/s1. The molecule has 1 atom stereocenters. The summed E-state index contributed by atoms with van der Waals surface area (Å²) in [5.74, 6) is -0.886. The maximum atomic E-state index is 12.5. The summed E-state index contributed by atoms with van der Waals surface area (Å²) in [4.78, 5) is 26.4. The molecule has 2 fully saturated rings. The number of nitrogens with one attached hydrogen (secondary N) is 1. The second-order valence-corrected chi connectivity index (χ2v) is 6.61. The monoisotopic (exact) mass is 332 g/mol. The third-order valence-electron chi connectivity index (χ3n) is 4.59. The van der Waals surface area contributed by atoms with E-state index in [2.05, 4.69) is 5.32 Å². The van der Waals surface area contributed by atoms with Gasteiger partial charge in [-0.25, -0.2) is 0 Å². The molecule has 0 aromatic heterocycles. The van der Waals surface area contributed by atoms with Crippen LogP contribution in [0, 0.1) is 6.92 Å². The Labute approximate surface area is 142 Å². The average molecular weight is 332 g/mol. The smallest absolute Gasteiger partial charge is 0.243 e. The maximum absolute atomic E-state index is 12.5. The van der Waals surface area contributed by atoms with Crippen molar-refractivity contribution in [3.63, 3.8) is 0 Å². The fraction of sp³-hybridized carbons (Fsp3) is 0.556. The van der Waals surface area contributed by atoms with E-state index in [1.807, 2.05) is 38.1 Å². The fourth-order valence-electron chi connectivity index (χ4n) is 3.12. The molecule has 1 aromatic rings. The number of carbonyl (C=O) groups excluding carboxylic acids is 2.